The highest BCUT2D eigenvalue weighted by Gasteiger charge is 2.27. The summed E-state index contributed by atoms with van der Waals surface area (Å²) < 4.78 is 0. The molecule has 1 aromatic rings. The first-order valence-electron chi connectivity index (χ1n) is 7.43. The van der Waals surface area contributed by atoms with Gasteiger partial charge in [-0.1, -0.05) is 18.2 Å². The minimum absolute atomic E-state index is 0.650. The van der Waals surface area contributed by atoms with Gasteiger partial charge in [-0.15, -0.1) is 0 Å². The van der Waals surface area contributed by atoms with Crippen LogP contribution in [0, 0.1) is 0 Å². The first-order chi connectivity index (χ1) is 9.28. The van der Waals surface area contributed by atoms with Crippen LogP contribution >= 0.6 is 12.6 Å². The molecule has 1 aliphatic heterocycles. The zero-order chi connectivity index (χ0) is 13.2. The van der Waals surface area contributed by atoms with Gasteiger partial charge in [0.15, 0.2) is 0 Å². The summed E-state index contributed by atoms with van der Waals surface area (Å²) in [5.41, 5.74) is 4.52. The topological polar surface area (TPSA) is 6.48 Å². The van der Waals surface area contributed by atoms with E-state index in [0.29, 0.717) is 6.04 Å². The second-order valence-electron chi connectivity index (χ2n) is 5.94. The fourth-order valence-electron chi connectivity index (χ4n) is 3.43. The summed E-state index contributed by atoms with van der Waals surface area (Å²) in [5.74, 6) is 0.850. The van der Waals surface area contributed by atoms with Crippen molar-refractivity contribution in [1.29, 1.82) is 0 Å². The van der Waals surface area contributed by atoms with Gasteiger partial charge in [-0.3, -0.25) is 4.90 Å². The Morgan fingerprint density at radius 1 is 1.21 bits per heavy atom. The molecular weight excluding hydrogens is 252 g/mol. The summed E-state index contributed by atoms with van der Waals surface area (Å²) in [4.78, 5) is 5.13. The summed E-state index contributed by atoms with van der Waals surface area (Å²) in [7, 11) is 2.23. The number of likely N-dealkylation sites (N-methyl/N-ethyl adjacent to an activating group) is 1. The van der Waals surface area contributed by atoms with Gasteiger partial charge in [0.05, 0.1) is 0 Å². The van der Waals surface area contributed by atoms with Crippen molar-refractivity contribution in [1.82, 2.24) is 9.80 Å². The van der Waals surface area contributed by atoms with Crippen LogP contribution in [0.25, 0.3) is 0 Å². The Labute approximate surface area is 122 Å². The lowest BCUT2D eigenvalue weighted by Crippen LogP contribution is -2.46. The SMILES string of the molecule is CN1CCN(C2CCCc3ccc(CS)cc32)CC1. The Kier molecular flexibility index (Phi) is 4.15. The van der Waals surface area contributed by atoms with Crippen molar-refractivity contribution < 1.29 is 0 Å². The molecule has 2 aliphatic rings. The van der Waals surface area contributed by atoms with Crippen LogP contribution in [-0.4, -0.2) is 43.0 Å². The highest BCUT2D eigenvalue weighted by atomic mass is 32.1. The van der Waals surface area contributed by atoms with Crippen LogP contribution in [0.1, 0.15) is 35.6 Å². The Morgan fingerprint density at radius 2 is 2.00 bits per heavy atom. The largest absolute Gasteiger partial charge is 0.304 e. The molecule has 1 saturated heterocycles. The first kappa shape index (κ1) is 13.5. The zero-order valence-electron chi connectivity index (χ0n) is 11.8. The second kappa shape index (κ2) is 5.86. The quantitative estimate of drug-likeness (QED) is 0.830. The van der Waals surface area contributed by atoms with Gasteiger partial charge in [0.25, 0.3) is 0 Å². The van der Waals surface area contributed by atoms with Crippen molar-refractivity contribution in [3.05, 3.63) is 34.9 Å². The molecule has 0 spiro atoms. The van der Waals surface area contributed by atoms with E-state index in [1.165, 1.54) is 51.0 Å². The second-order valence-corrected chi connectivity index (χ2v) is 6.25. The van der Waals surface area contributed by atoms with Crippen LogP contribution < -0.4 is 0 Å². The number of thiol groups is 1. The van der Waals surface area contributed by atoms with E-state index in [9.17, 15) is 0 Å². The van der Waals surface area contributed by atoms with Crippen LogP contribution in [0.2, 0.25) is 0 Å². The number of aryl methyl sites for hydroxylation is 1. The molecule has 2 nitrogen and oxygen atoms in total. The molecular formula is C16H24N2S. The Hall–Kier alpha value is -0.510. The molecule has 0 bridgehead atoms. The molecule has 19 heavy (non-hydrogen) atoms. The predicted molar refractivity (Wildman–Crippen MR) is 83.9 cm³/mol. The van der Waals surface area contributed by atoms with Crippen LogP contribution in [0.15, 0.2) is 18.2 Å². The average Bonchev–Trinajstić information content (AvgIpc) is 2.47. The van der Waals surface area contributed by atoms with Crippen molar-refractivity contribution in [2.24, 2.45) is 0 Å². The van der Waals surface area contributed by atoms with E-state index in [-0.39, 0.29) is 0 Å². The standard InChI is InChI=1S/C16H24N2S/c1-17-7-9-18(10-8-17)16-4-2-3-14-6-5-13(12-19)11-15(14)16/h5-6,11,16,19H,2-4,7-10,12H2,1H3. The lowest BCUT2D eigenvalue weighted by atomic mass is 9.85. The van der Waals surface area contributed by atoms with Crippen molar-refractivity contribution in [2.75, 3.05) is 33.2 Å². The number of hydrogen-bond acceptors (Lipinski definition) is 3. The van der Waals surface area contributed by atoms with E-state index in [4.69, 9.17) is 0 Å². The third-order valence-electron chi connectivity index (χ3n) is 4.65. The van der Waals surface area contributed by atoms with Crippen molar-refractivity contribution in [3.63, 3.8) is 0 Å². The van der Waals surface area contributed by atoms with Crippen LogP contribution in [0.4, 0.5) is 0 Å². The van der Waals surface area contributed by atoms with E-state index in [0.717, 1.165) is 5.75 Å². The molecule has 1 atom stereocenters. The summed E-state index contributed by atoms with van der Waals surface area (Å²) in [5, 5.41) is 0. The smallest absolute Gasteiger partial charge is 0.0352 e. The maximum absolute atomic E-state index is 4.43. The van der Waals surface area contributed by atoms with Gasteiger partial charge in [0.1, 0.15) is 0 Å². The van der Waals surface area contributed by atoms with E-state index < -0.39 is 0 Å². The summed E-state index contributed by atoms with van der Waals surface area (Å²) in [6.45, 7) is 4.84. The van der Waals surface area contributed by atoms with Crippen LogP contribution in [-0.2, 0) is 12.2 Å². The molecule has 3 heteroatoms. The summed E-state index contributed by atoms with van der Waals surface area (Å²) in [6, 6.07) is 7.64. The highest BCUT2D eigenvalue weighted by Crippen LogP contribution is 2.35. The van der Waals surface area contributed by atoms with Crippen molar-refractivity contribution in [2.45, 2.75) is 31.1 Å². The summed E-state index contributed by atoms with van der Waals surface area (Å²) >= 11 is 4.43. The normalized spacial score (nSPS) is 25.3. The molecule has 0 saturated carbocycles. The highest BCUT2D eigenvalue weighted by molar-refractivity contribution is 7.79. The van der Waals surface area contributed by atoms with Gasteiger partial charge in [-0.2, -0.15) is 12.6 Å². The van der Waals surface area contributed by atoms with E-state index in [1.54, 1.807) is 11.1 Å². The Morgan fingerprint density at radius 3 is 2.74 bits per heavy atom. The van der Waals surface area contributed by atoms with Crippen LogP contribution in [0.3, 0.4) is 0 Å². The molecule has 1 fully saturated rings. The predicted octanol–water partition coefficient (Wildman–Crippen LogP) is 2.74. The van der Waals surface area contributed by atoms with Gasteiger partial charge in [-0.25, -0.2) is 0 Å². The number of benzene rings is 1. The maximum atomic E-state index is 4.43. The maximum Gasteiger partial charge on any atom is 0.0352 e. The van der Waals surface area contributed by atoms with Gasteiger partial charge in [-0.05, 0) is 43.0 Å². The molecule has 1 unspecified atom stereocenters. The van der Waals surface area contributed by atoms with Gasteiger partial charge in [0.2, 0.25) is 0 Å². The van der Waals surface area contributed by atoms with Gasteiger partial charge in [0, 0.05) is 38.0 Å². The molecule has 3 rings (SSSR count). The molecule has 1 aromatic carbocycles. The molecule has 0 aromatic heterocycles. The number of fused-ring (bicyclic) bond motifs is 1. The summed E-state index contributed by atoms with van der Waals surface area (Å²) in [6.07, 6.45) is 3.92. The zero-order valence-corrected chi connectivity index (χ0v) is 12.7. The van der Waals surface area contributed by atoms with E-state index in [1.807, 2.05) is 0 Å². The van der Waals surface area contributed by atoms with E-state index >= 15 is 0 Å². The average molecular weight is 276 g/mol. The fourth-order valence-corrected chi connectivity index (χ4v) is 3.63. The Bertz CT molecular complexity index is 438. The molecule has 0 N–H and O–H groups in total. The number of piperazine rings is 1. The minimum Gasteiger partial charge on any atom is -0.304 e. The minimum atomic E-state index is 0.650. The van der Waals surface area contributed by atoms with Crippen LogP contribution in [0.5, 0.6) is 0 Å². The van der Waals surface area contributed by atoms with Crippen molar-refractivity contribution >= 4 is 12.6 Å². The molecule has 0 amide bonds. The number of hydrogen-bond donors (Lipinski definition) is 1. The Balaban J connectivity index is 1.84. The molecule has 0 radical (unpaired) electrons. The molecule has 1 heterocycles. The fraction of sp³-hybridized carbons (Fsp3) is 0.625. The lowest BCUT2D eigenvalue weighted by molar-refractivity contribution is 0.102. The van der Waals surface area contributed by atoms with Crippen molar-refractivity contribution in [3.8, 4) is 0 Å². The number of rotatable bonds is 2. The lowest BCUT2D eigenvalue weighted by Gasteiger charge is -2.40. The third-order valence-corrected chi connectivity index (χ3v) is 5.02. The molecule has 1 aliphatic carbocycles. The van der Waals surface area contributed by atoms with E-state index in [2.05, 4.69) is 47.7 Å². The van der Waals surface area contributed by atoms with Gasteiger partial charge >= 0.3 is 0 Å². The number of nitrogens with zero attached hydrogens (tertiary/aromatic N) is 2. The molecule has 104 valence electrons. The first-order valence-corrected chi connectivity index (χ1v) is 8.06. The monoisotopic (exact) mass is 276 g/mol. The third kappa shape index (κ3) is 2.83. The van der Waals surface area contributed by atoms with Gasteiger partial charge < -0.3 is 4.90 Å².